The monoisotopic (exact) mass is 1310 g/mol. The topological polar surface area (TPSA) is 237 Å². The van der Waals surface area contributed by atoms with Gasteiger partial charge < -0.3 is 33.8 Å². The van der Waals surface area contributed by atoms with E-state index in [2.05, 4.69) is 34.6 Å². The van der Waals surface area contributed by atoms with Crippen LogP contribution >= 0.6 is 15.6 Å². The molecule has 0 aromatic carbocycles. The second-order valence-electron chi connectivity index (χ2n) is 25.7. The Balaban J connectivity index is 5.22. The first-order chi connectivity index (χ1) is 43.0. The molecule has 89 heavy (non-hydrogen) atoms. The van der Waals surface area contributed by atoms with Gasteiger partial charge in [-0.15, -0.1) is 0 Å². The van der Waals surface area contributed by atoms with Crippen molar-refractivity contribution in [1.82, 2.24) is 0 Å². The number of hydrogen-bond donors (Lipinski definition) is 3. The molecule has 0 saturated carbocycles. The van der Waals surface area contributed by atoms with Gasteiger partial charge in [-0.05, 0) is 31.6 Å². The summed E-state index contributed by atoms with van der Waals surface area (Å²) in [4.78, 5) is 72.5. The van der Waals surface area contributed by atoms with Crippen molar-refractivity contribution in [1.29, 1.82) is 0 Å². The summed E-state index contributed by atoms with van der Waals surface area (Å²) < 4.78 is 68.2. The number of phosphoric ester groups is 2. The van der Waals surface area contributed by atoms with E-state index >= 15 is 0 Å². The smallest absolute Gasteiger partial charge is 0.462 e. The summed E-state index contributed by atoms with van der Waals surface area (Å²) in [6.07, 6.45) is 49.9. The summed E-state index contributed by atoms with van der Waals surface area (Å²) in [7, 11) is -9.90. The maximum atomic E-state index is 13.0. The van der Waals surface area contributed by atoms with Crippen LogP contribution in [0, 0.1) is 5.92 Å². The van der Waals surface area contributed by atoms with Gasteiger partial charge in [0.25, 0.3) is 0 Å². The molecule has 528 valence electrons. The molecule has 0 amide bonds. The summed E-state index contributed by atoms with van der Waals surface area (Å²) in [5.74, 6) is -1.36. The number of carbonyl (C=O) groups excluding carboxylic acids is 4. The molecular formula is C70H136O17P2. The lowest BCUT2D eigenvalue weighted by atomic mass is 10.0. The van der Waals surface area contributed by atoms with Crippen molar-refractivity contribution in [2.45, 2.75) is 380 Å². The van der Waals surface area contributed by atoms with E-state index in [0.717, 1.165) is 102 Å². The first-order valence-corrected chi connectivity index (χ1v) is 39.6. The molecule has 0 aliphatic rings. The van der Waals surface area contributed by atoms with Gasteiger partial charge in [0.2, 0.25) is 0 Å². The van der Waals surface area contributed by atoms with E-state index in [-0.39, 0.29) is 25.7 Å². The minimum absolute atomic E-state index is 0.108. The molecule has 3 N–H and O–H groups in total. The number of carbonyl (C=O) groups is 4. The Morgan fingerprint density at radius 2 is 0.517 bits per heavy atom. The van der Waals surface area contributed by atoms with E-state index in [1.165, 1.54) is 180 Å². The molecule has 0 aromatic rings. The molecule has 0 rings (SSSR count). The van der Waals surface area contributed by atoms with Gasteiger partial charge in [-0.3, -0.25) is 37.3 Å². The van der Waals surface area contributed by atoms with Gasteiger partial charge in [0.05, 0.1) is 26.4 Å². The van der Waals surface area contributed by atoms with Gasteiger partial charge in [-0.2, -0.15) is 0 Å². The van der Waals surface area contributed by atoms with Crippen molar-refractivity contribution in [2.75, 3.05) is 39.6 Å². The van der Waals surface area contributed by atoms with E-state index in [4.69, 9.17) is 37.0 Å². The molecule has 0 heterocycles. The Kier molecular flexibility index (Phi) is 62.1. The Labute approximate surface area is 543 Å². The molecule has 0 saturated heterocycles. The lowest BCUT2D eigenvalue weighted by Crippen LogP contribution is -2.30. The molecule has 0 aliphatic carbocycles. The van der Waals surface area contributed by atoms with Gasteiger partial charge in [0, 0.05) is 25.7 Å². The van der Waals surface area contributed by atoms with Crippen molar-refractivity contribution in [3.8, 4) is 0 Å². The number of phosphoric acid groups is 2. The van der Waals surface area contributed by atoms with Crippen LogP contribution in [-0.2, 0) is 65.4 Å². The van der Waals surface area contributed by atoms with E-state index in [9.17, 15) is 43.2 Å². The third-order valence-electron chi connectivity index (χ3n) is 16.3. The zero-order chi connectivity index (χ0) is 65.6. The minimum Gasteiger partial charge on any atom is -0.462 e. The van der Waals surface area contributed by atoms with Crippen LogP contribution in [0.4, 0.5) is 0 Å². The van der Waals surface area contributed by atoms with Crippen LogP contribution in [0.1, 0.15) is 362 Å². The van der Waals surface area contributed by atoms with E-state index in [1.54, 1.807) is 0 Å². The summed E-state index contributed by atoms with van der Waals surface area (Å²) in [6.45, 7) is 7.22. The van der Waals surface area contributed by atoms with Crippen LogP contribution in [0.2, 0.25) is 0 Å². The number of aliphatic hydroxyl groups excluding tert-OH is 1. The second-order valence-corrected chi connectivity index (χ2v) is 28.7. The third-order valence-corrected chi connectivity index (χ3v) is 18.2. The number of hydrogen-bond acceptors (Lipinski definition) is 15. The van der Waals surface area contributed by atoms with Gasteiger partial charge in [0.1, 0.15) is 19.3 Å². The van der Waals surface area contributed by atoms with Crippen molar-refractivity contribution in [2.24, 2.45) is 5.92 Å². The first kappa shape index (κ1) is 87.1. The summed E-state index contributed by atoms with van der Waals surface area (Å²) >= 11 is 0. The predicted octanol–water partition coefficient (Wildman–Crippen LogP) is 20.1. The molecule has 0 fully saturated rings. The fourth-order valence-electron chi connectivity index (χ4n) is 10.6. The molecule has 17 nitrogen and oxygen atoms in total. The molecule has 0 radical (unpaired) electrons. The number of aliphatic hydroxyl groups is 1. The summed E-state index contributed by atoms with van der Waals surface area (Å²) in [5, 5.41) is 10.6. The zero-order valence-corrected chi connectivity index (χ0v) is 59.4. The molecule has 0 aromatic heterocycles. The highest BCUT2D eigenvalue weighted by molar-refractivity contribution is 7.47. The number of unbranched alkanes of at least 4 members (excludes halogenated alkanes) is 42. The van der Waals surface area contributed by atoms with Gasteiger partial charge in [-0.25, -0.2) is 9.13 Å². The van der Waals surface area contributed by atoms with Crippen LogP contribution in [0.15, 0.2) is 0 Å². The SMILES string of the molecule is CCCCCCCCCCCCCCCCCC(=O)O[C@H](COC(=O)CCCCCCCCCCCCC(C)C)COP(=O)(O)OC[C@@H](O)COP(=O)(O)OC[C@@H](COC(=O)CCCCCCCCCC)OC(=O)CCCCCCCCCCCCCCC. The van der Waals surface area contributed by atoms with Crippen molar-refractivity contribution in [3.63, 3.8) is 0 Å². The van der Waals surface area contributed by atoms with Crippen LogP contribution < -0.4 is 0 Å². The summed E-state index contributed by atoms with van der Waals surface area (Å²) in [5.41, 5.74) is 0. The quantitative estimate of drug-likeness (QED) is 0.0222. The van der Waals surface area contributed by atoms with Gasteiger partial charge in [0.15, 0.2) is 12.2 Å². The number of ether oxygens (including phenoxy) is 4. The highest BCUT2D eigenvalue weighted by Gasteiger charge is 2.30. The maximum Gasteiger partial charge on any atom is 0.472 e. The van der Waals surface area contributed by atoms with Crippen LogP contribution in [0.5, 0.6) is 0 Å². The van der Waals surface area contributed by atoms with Crippen molar-refractivity contribution < 1.29 is 80.2 Å². The highest BCUT2D eigenvalue weighted by atomic mass is 31.2. The fraction of sp³-hybridized carbons (Fsp3) is 0.943. The highest BCUT2D eigenvalue weighted by Crippen LogP contribution is 2.45. The summed E-state index contributed by atoms with van der Waals surface area (Å²) in [6, 6.07) is 0. The predicted molar refractivity (Wildman–Crippen MR) is 358 cm³/mol. The molecule has 19 heteroatoms. The number of esters is 4. The first-order valence-electron chi connectivity index (χ1n) is 36.6. The van der Waals surface area contributed by atoms with Crippen LogP contribution in [-0.4, -0.2) is 96.7 Å². The van der Waals surface area contributed by atoms with E-state index in [0.29, 0.717) is 25.7 Å². The largest absolute Gasteiger partial charge is 0.472 e. The van der Waals surface area contributed by atoms with Crippen molar-refractivity contribution in [3.05, 3.63) is 0 Å². The normalized spacial score (nSPS) is 14.1. The van der Waals surface area contributed by atoms with E-state index < -0.39 is 97.5 Å². The fourth-order valence-corrected chi connectivity index (χ4v) is 12.2. The average molecular weight is 1310 g/mol. The Morgan fingerprint density at radius 1 is 0.303 bits per heavy atom. The minimum atomic E-state index is -4.95. The van der Waals surface area contributed by atoms with Crippen molar-refractivity contribution >= 4 is 39.5 Å². The van der Waals surface area contributed by atoms with Crippen LogP contribution in [0.25, 0.3) is 0 Å². The Hall–Kier alpha value is -1.94. The second kappa shape index (κ2) is 63.5. The van der Waals surface area contributed by atoms with Crippen LogP contribution in [0.3, 0.4) is 0 Å². The molecule has 2 unspecified atom stereocenters. The lowest BCUT2D eigenvalue weighted by molar-refractivity contribution is -0.161. The van der Waals surface area contributed by atoms with E-state index in [1.807, 2.05) is 0 Å². The molecule has 5 atom stereocenters. The van der Waals surface area contributed by atoms with Gasteiger partial charge in [-0.1, -0.05) is 311 Å². The Morgan fingerprint density at radius 3 is 0.764 bits per heavy atom. The lowest BCUT2D eigenvalue weighted by Gasteiger charge is -2.21. The molecular weight excluding hydrogens is 1170 g/mol. The Bertz CT molecular complexity index is 1720. The molecule has 0 aliphatic heterocycles. The molecule has 0 bridgehead atoms. The standard InChI is InChI=1S/C70H136O17P2/c1-6-9-12-15-18-21-23-25-26-28-30-36-41-46-51-56-70(75)87-66(60-81-68(73)54-49-44-39-34-32-31-33-37-42-47-52-63(4)5)62-85-89(78,79)83-58-64(71)57-82-88(76,77)84-61-65(59-80-67(72)53-48-43-38-20-17-14-11-8-3)86-69(74)55-50-45-40-35-29-27-24-22-19-16-13-10-7-2/h63-66,71H,6-62H2,1-5H3,(H,76,77)(H,78,79)/t64-,65+,66+/m0/s1. The zero-order valence-electron chi connectivity index (χ0n) is 57.6. The van der Waals surface area contributed by atoms with Gasteiger partial charge >= 0.3 is 39.5 Å². The average Bonchev–Trinajstić information content (AvgIpc) is 3.67. The molecule has 0 spiro atoms. The maximum absolute atomic E-state index is 13.0. The number of rotatable bonds is 70. The third kappa shape index (κ3) is 64.6.